The quantitative estimate of drug-likeness (QED) is 0.783. The summed E-state index contributed by atoms with van der Waals surface area (Å²) in [5.74, 6) is 0.147. The van der Waals surface area contributed by atoms with Crippen molar-refractivity contribution in [1.29, 1.82) is 0 Å². The molecule has 0 radical (unpaired) electrons. The second-order valence-electron chi connectivity index (χ2n) is 4.70. The molecule has 0 saturated carbocycles. The molecule has 0 spiro atoms. The molecular formula is C16H15FN2O2. The third kappa shape index (κ3) is 3.03. The van der Waals surface area contributed by atoms with Gasteiger partial charge in [-0.1, -0.05) is 18.2 Å². The standard InChI is InChI=1S/C16H15FN2O2/c17-12-6-7-14-15(10-12)21-16(18-14)11-19(8-9-20)13-4-2-1-3-5-13/h1-7,10,20H,8-9,11H2. The maximum absolute atomic E-state index is 13.2. The fourth-order valence-electron chi connectivity index (χ4n) is 2.24. The Morgan fingerprint density at radius 2 is 1.95 bits per heavy atom. The first-order valence-corrected chi connectivity index (χ1v) is 6.72. The summed E-state index contributed by atoms with van der Waals surface area (Å²) in [5.41, 5.74) is 2.03. The number of aliphatic hydroxyl groups is 1. The predicted octanol–water partition coefficient (Wildman–Crippen LogP) is 2.97. The normalized spacial score (nSPS) is 11.0. The minimum atomic E-state index is -0.347. The predicted molar refractivity (Wildman–Crippen MR) is 78.5 cm³/mol. The Morgan fingerprint density at radius 3 is 2.71 bits per heavy atom. The number of rotatable bonds is 5. The van der Waals surface area contributed by atoms with Crippen LogP contribution in [-0.2, 0) is 6.54 Å². The average Bonchev–Trinajstić information content (AvgIpc) is 2.89. The topological polar surface area (TPSA) is 49.5 Å². The lowest BCUT2D eigenvalue weighted by molar-refractivity contribution is 0.300. The van der Waals surface area contributed by atoms with Crippen molar-refractivity contribution in [3.8, 4) is 0 Å². The summed E-state index contributed by atoms with van der Waals surface area (Å²) < 4.78 is 18.7. The van der Waals surface area contributed by atoms with Crippen LogP contribution in [0.15, 0.2) is 52.9 Å². The number of oxazole rings is 1. The molecule has 0 amide bonds. The second-order valence-corrected chi connectivity index (χ2v) is 4.70. The van der Waals surface area contributed by atoms with Crippen molar-refractivity contribution < 1.29 is 13.9 Å². The molecule has 3 rings (SSSR count). The molecule has 0 unspecified atom stereocenters. The molecule has 0 saturated heterocycles. The lowest BCUT2D eigenvalue weighted by atomic mass is 10.3. The van der Waals surface area contributed by atoms with E-state index in [-0.39, 0.29) is 12.4 Å². The molecule has 0 aliphatic carbocycles. The molecule has 0 aliphatic rings. The van der Waals surface area contributed by atoms with Crippen LogP contribution in [0.1, 0.15) is 5.89 Å². The zero-order valence-corrected chi connectivity index (χ0v) is 11.4. The molecule has 0 bridgehead atoms. The number of benzene rings is 2. The van der Waals surface area contributed by atoms with E-state index in [0.29, 0.717) is 30.1 Å². The maximum atomic E-state index is 13.2. The van der Waals surface area contributed by atoms with Crippen molar-refractivity contribution in [2.75, 3.05) is 18.1 Å². The van der Waals surface area contributed by atoms with Gasteiger partial charge in [0.05, 0.1) is 13.2 Å². The maximum Gasteiger partial charge on any atom is 0.215 e. The molecule has 5 heteroatoms. The van der Waals surface area contributed by atoms with Crippen LogP contribution in [0.2, 0.25) is 0 Å². The average molecular weight is 286 g/mol. The fraction of sp³-hybridized carbons (Fsp3) is 0.188. The summed E-state index contributed by atoms with van der Waals surface area (Å²) in [6.45, 7) is 0.918. The smallest absolute Gasteiger partial charge is 0.215 e. The lowest BCUT2D eigenvalue weighted by Crippen LogP contribution is -2.26. The van der Waals surface area contributed by atoms with E-state index in [1.165, 1.54) is 12.1 Å². The van der Waals surface area contributed by atoms with Crippen LogP contribution in [0.3, 0.4) is 0 Å². The number of aliphatic hydroxyl groups excluding tert-OH is 1. The Kier molecular flexibility index (Phi) is 3.83. The highest BCUT2D eigenvalue weighted by Crippen LogP contribution is 2.20. The number of anilines is 1. The molecule has 1 heterocycles. The van der Waals surface area contributed by atoms with Crippen molar-refractivity contribution in [1.82, 2.24) is 4.98 Å². The van der Waals surface area contributed by atoms with Gasteiger partial charge < -0.3 is 14.4 Å². The Labute approximate surface area is 121 Å². The highest BCUT2D eigenvalue weighted by atomic mass is 19.1. The highest BCUT2D eigenvalue weighted by Gasteiger charge is 2.12. The SMILES string of the molecule is OCCN(Cc1nc2ccc(F)cc2o1)c1ccccc1. The first-order chi connectivity index (χ1) is 10.3. The lowest BCUT2D eigenvalue weighted by Gasteiger charge is -2.22. The van der Waals surface area contributed by atoms with Gasteiger partial charge in [0, 0.05) is 18.3 Å². The van der Waals surface area contributed by atoms with Gasteiger partial charge in [0.1, 0.15) is 11.3 Å². The summed E-state index contributed by atoms with van der Waals surface area (Å²) in [4.78, 5) is 6.30. The van der Waals surface area contributed by atoms with Gasteiger partial charge in [-0.2, -0.15) is 0 Å². The number of hydrogen-bond donors (Lipinski definition) is 1. The Bertz CT molecular complexity index is 727. The first kappa shape index (κ1) is 13.6. The van der Waals surface area contributed by atoms with Crippen molar-refractivity contribution in [3.05, 3.63) is 60.2 Å². The van der Waals surface area contributed by atoms with Crippen LogP contribution >= 0.6 is 0 Å². The number of nitrogens with zero attached hydrogens (tertiary/aromatic N) is 2. The van der Waals surface area contributed by atoms with Gasteiger partial charge in [-0.05, 0) is 24.3 Å². The van der Waals surface area contributed by atoms with Crippen LogP contribution in [0.4, 0.5) is 10.1 Å². The van der Waals surface area contributed by atoms with Gasteiger partial charge in [-0.25, -0.2) is 9.37 Å². The number of para-hydroxylation sites is 1. The molecule has 1 aromatic heterocycles. The van der Waals surface area contributed by atoms with Gasteiger partial charge in [0.2, 0.25) is 5.89 Å². The third-order valence-corrected chi connectivity index (χ3v) is 3.21. The molecule has 0 fully saturated rings. The van der Waals surface area contributed by atoms with E-state index >= 15 is 0 Å². The summed E-state index contributed by atoms with van der Waals surface area (Å²) in [7, 11) is 0. The van der Waals surface area contributed by atoms with Gasteiger partial charge in [0.15, 0.2) is 5.58 Å². The van der Waals surface area contributed by atoms with Crippen molar-refractivity contribution >= 4 is 16.8 Å². The minimum absolute atomic E-state index is 0.0315. The van der Waals surface area contributed by atoms with Crippen molar-refractivity contribution in [2.45, 2.75) is 6.54 Å². The van der Waals surface area contributed by atoms with Gasteiger partial charge in [-0.15, -0.1) is 0 Å². The van der Waals surface area contributed by atoms with E-state index in [9.17, 15) is 9.50 Å². The van der Waals surface area contributed by atoms with E-state index < -0.39 is 0 Å². The molecule has 21 heavy (non-hydrogen) atoms. The largest absolute Gasteiger partial charge is 0.439 e. The molecule has 0 atom stereocenters. The molecule has 108 valence electrons. The monoisotopic (exact) mass is 286 g/mol. The van der Waals surface area contributed by atoms with E-state index in [4.69, 9.17) is 4.42 Å². The van der Waals surface area contributed by atoms with Gasteiger partial charge >= 0.3 is 0 Å². The molecule has 4 nitrogen and oxygen atoms in total. The molecule has 1 N–H and O–H groups in total. The van der Waals surface area contributed by atoms with E-state index in [2.05, 4.69) is 4.98 Å². The van der Waals surface area contributed by atoms with E-state index in [1.807, 2.05) is 35.2 Å². The van der Waals surface area contributed by atoms with Crippen molar-refractivity contribution in [2.24, 2.45) is 0 Å². The number of halogens is 1. The highest BCUT2D eigenvalue weighted by molar-refractivity contribution is 5.72. The van der Waals surface area contributed by atoms with Crippen LogP contribution in [0, 0.1) is 5.82 Å². The van der Waals surface area contributed by atoms with Crippen LogP contribution < -0.4 is 4.90 Å². The van der Waals surface area contributed by atoms with Crippen LogP contribution in [-0.4, -0.2) is 23.2 Å². The first-order valence-electron chi connectivity index (χ1n) is 6.72. The second kappa shape index (κ2) is 5.93. The number of hydrogen-bond acceptors (Lipinski definition) is 4. The number of fused-ring (bicyclic) bond motifs is 1. The summed E-state index contributed by atoms with van der Waals surface area (Å²) in [6.07, 6.45) is 0. The van der Waals surface area contributed by atoms with E-state index in [1.54, 1.807) is 6.07 Å². The summed E-state index contributed by atoms with van der Waals surface area (Å²) in [6, 6.07) is 14.0. The third-order valence-electron chi connectivity index (χ3n) is 3.21. The van der Waals surface area contributed by atoms with Crippen molar-refractivity contribution in [3.63, 3.8) is 0 Å². The Morgan fingerprint density at radius 1 is 1.14 bits per heavy atom. The zero-order chi connectivity index (χ0) is 14.7. The zero-order valence-electron chi connectivity index (χ0n) is 11.4. The summed E-state index contributed by atoms with van der Waals surface area (Å²) >= 11 is 0. The Hall–Kier alpha value is -2.40. The summed E-state index contributed by atoms with van der Waals surface area (Å²) in [5, 5.41) is 9.21. The minimum Gasteiger partial charge on any atom is -0.439 e. The molecule has 3 aromatic rings. The number of aromatic nitrogens is 1. The van der Waals surface area contributed by atoms with Crippen LogP contribution in [0.5, 0.6) is 0 Å². The van der Waals surface area contributed by atoms with Gasteiger partial charge in [0.25, 0.3) is 0 Å². The Balaban J connectivity index is 1.87. The molecular weight excluding hydrogens is 271 g/mol. The molecule has 2 aromatic carbocycles. The fourth-order valence-corrected chi connectivity index (χ4v) is 2.24. The molecule has 0 aliphatic heterocycles. The van der Waals surface area contributed by atoms with E-state index in [0.717, 1.165) is 5.69 Å². The van der Waals surface area contributed by atoms with Crippen LogP contribution in [0.25, 0.3) is 11.1 Å². The van der Waals surface area contributed by atoms with Gasteiger partial charge in [-0.3, -0.25) is 0 Å².